The number of anilines is 1. The van der Waals surface area contributed by atoms with E-state index in [0.29, 0.717) is 17.2 Å². The zero-order chi connectivity index (χ0) is 22.3. The molecule has 7 nitrogen and oxygen atoms in total. The van der Waals surface area contributed by atoms with Crippen LogP contribution in [0.3, 0.4) is 0 Å². The molecule has 0 saturated heterocycles. The Bertz CT molecular complexity index is 1130. The van der Waals surface area contributed by atoms with Crippen LogP contribution in [0.5, 0.6) is 11.5 Å². The van der Waals surface area contributed by atoms with Crippen molar-refractivity contribution in [3.8, 4) is 11.5 Å². The summed E-state index contributed by atoms with van der Waals surface area (Å²) < 4.78 is 38.1. The Morgan fingerprint density at radius 1 is 0.871 bits per heavy atom. The molecule has 31 heavy (non-hydrogen) atoms. The van der Waals surface area contributed by atoms with Crippen LogP contribution in [0.1, 0.15) is 5.56 Å². The van der Waals surface area contributed by atoms with E-state index >= 15 is 0 Å². The lowest BCUT2D eigenvalue weighted by Crippen LogP contribution is -2.40. The highest BCUT2D eigenvalue weighted by atomic mass is 32.2. The number of nitrogens with one attached hydrogen (secondary N) is 1. The SMILES string of the molecule is COc1cccc(CNC(=O)CN(c2cccc(OC)c2)S(=O)(=O)c2ccccc2)c1. The van der Waals surface area contributed by atoms with Gasteiger partial charge >= 0.3 is 0 Å². The van der Waals surface area contributed by atoms with Crippen LogP contribution in [0.15, 0.2) is 83.8 Å². The molecule has 0 aromatic heterocycles. The highest BCUT2D eigenvalue weighted by molar-refractivity contribution is 7.92. The minimum atomic E-state index is -3.97. The fraction of sp³-hybridized carbons (Fsp3) is 0.174. The van der Waals surface area contributed by atoms with Crippen molar-refractivity contribution in [3.63, 3.8) is 0 Å². The third kappa shape index (κ3) is 5.55. The highest BCUT2D eigenvalue weighted by Gasteiger charge is 2.27. The summed E-state index contributed by atoms with van der Waals surface area (Å²) in [4.78, 5) is 12.8. The van der Waals surface area contributed by atoms with E-state index in [1.165, 1.54) is 19.2 Å². The average Bonchev–Trinajstić information content (AvgIpc) is 2.81. The first-order valence-corrected chi connectivity index (χ1v) is 11.0. The van der Waals surface area contributed by atoms with Crippen molar-refractivity contribution in [3.05, 3.63) is 84.4 Å². The molecular weight excluding hydrogens is 416 g/mol. The summed E-state index contributed by atoms with van der Waals surface area (Å²) in [7, 11) is -0.907. The molecule has 0 aliphatic carbocycles. The molecule has 0 radical (unpaired) electrons. The van der Waals surface area contributed by atoms with Crippen LogP contribution in [0, 0.1) is 0 Å². The van der Waals surface area contributed by atoms with Gasteiger partial charge in [0.1, 0.15) is 18.0 Å². The molecule has 0 aliphatic heterocycles. The Hall–Kier alpha value is -3.52. The second-order valence-corrected chi connectivity index (χ2v) is 8.52. The molecule has 0 heterocycles. The molecule has 1 N–H and O–H groups in total. The summed E-state index contributed by atoms with van der Waals surface area (Å²) >= 11 is 0. The lowest BCUT2D eigenvalue weighted by Gasteiger charge is -2.24. The number of ether oxygens (including phenoxy) is 2. The van der Waals surface area contributed by atoms with Crippen molar-refractivity contribution in [2.75, 3.05) is 25.1 Å². The first-order valence-electron chi connectivity index (χ1n) is 9.55. The zero-order valence-corrected chi connectivity index (χ0v) is 18.1. The van der Waals surface area contributed by atoms with E-state index in [0.717, 1.165) is 9.87 Å². The number of rotatable bonds is 9. The van der Waals surface area contributed by atoms with Crippen molar-refractivity contribution >= 4 is 21.6 Å². The van der Waals surface area contributed by atoms with Crippen LogP contribution in [0.25, 0.3) is 0 Å². The van der Waals surface area contributed by atoms with E-state index < -0.39 is 15.9 Å². The van der Waals surface area contributed by atoms with Crippen LogP contribution in [-0.4, -0.2) is 35.1 Å². The molecule has 0 bridgehead atoms. The Kier molecular flexibility index (Phi) is 7.15. The van der Waals surface area contributed by atoms with Crippen LogP contribution in [0.4, 0.5) is 5.69 Å². The van der Waals surface area contributed by atoms with E-state index in [2.05, 4.69) is 5.32 Å². The fourth-order valence-corrected chi connectivity index (χ4v) is 4.40. The van der Waals surface area contributed by atoms with Crippen molar-refractivity contribution in [2.45, 2.75) is 11.4 Å². The molecule has 3 aromatic carbocycles. The second-order valence-electron chi connectivity index (χ2n) is 6.65. The summed E-state index contributed by atoms with van der Waals surface area (Å²) in [5.41, 5.74) is 1.17. The Morgan fingerprint density at radius 3 is 2.19 bits per heavy atom. The molecule has 0 atom stereocenters. The predicted octanol–water partition coefficient (Wildman–Crippen LogP) is 3.22. The molecule has 0 aliphatic rings. The van der Waals surface area contributed by atoms with Crippen molar-refractivity contribution < 1.29 is 22.7 Å². The number of methoxy groups -OCH3 is 2. The minimum Gasteiger partial charge on any atom is -0.497 e. The number of hydrogen-bond donors (Lipinski definition) is 1. The monoisotopic (exact) mass is 440 g/mol. The zero-order valence-electron chi connectivity index (χ0n) is 17.3. The topological polar surface area (TPSA) is 84.9 Å². The number of carbonyl (C=O) groups excluding carboxylic acids is 1. The fourth-order valence-electron chi connectivity index (χ4n) is 2.97. The number of hydrogen-bond acceptors (Lipinski definition) is 5. The van der Waals surface area contributed by atoms with Gasteiger partial charge in [-0.2, -0.15) is 0 Å². The van der Waals surface area contributed by atoms with Gasteiger partial charge in [-0.3, -0.25) is 9.10 Å². The second kappa shape index (κ2) is 9.99. The molecule has 0 spiro atoms. The van der Waals surface area contributed by atoms with E-state index in [1.807, 2.05) is 18.2 Å². The Morgan fingerprint density at radius 2 is 1.52 bits per heavy atom. The Balaban J connectivity index is 1.85. The molecular formula is C23H24N2O5S. The molecule has 1 amide bonds. The molecule has 3 rings (SSSR count). The summed E-state index contributed by atoms with van der Waals surface area (Å²) in [6.07, 6.45) is 0. The minimum absolute atomic E-state index is 0.0958. The van der Waals surface area contributed by atoms with Gasteiger partial charge in [-0.1, -0.05) is 36.4 Å². The molecule has 162 valence electrons. The van der Waals surface area contributed by atoms with E-state index in [4.69, 9.17) is 9.47 Å². The smallest absolute Gasteiger partial charge is 0.264 e. The quantitative estimate of drug-likeness (QED) is 0.552. The predicted molar refractivity (Wildman–Crippen MR) is 119 cm³/mol. The largest absolute Gasteiger partial charge is 0.497 e. The van der Waals surface area contributed by atoms with E-state index in [-0.39, 0.29) is 18.0 Å². The summed E-state index contributed by atoms with van der Waals surface area (Å²) in [6, 6.07) is 21.9. The van der Waals surface area contributed by atoms with Crippen molar-refractivity contribution in [1.29, 1.82) is 0 Å². The maximum atomic E-state index is 13.3. The van der Waals surface area contributed by atoms with Crippen LogP contribution in [0.2, 0.25) is 0 Å². The van der Waals surface area contributed by atoms with Crippen molar-refractivity contribution in [1.82, 2.24) is 5.32 Å². The molecule has 8 heteroatoms. The standard InChI is InChI=1S/C23H24N2O5S/c1-29-20-10-6-8-18(14-20)16-24-23(26)17-25(19-9-7-11-21(15-19)30-2)31(27,28)22-12-4-3-5-13-22/h3-15H,16-17H2,1-2H3,(H,24,26). The van der Waals surface area contributed by atoms with Crippen molar-refractivity contribution in [2.24, 2.45) is 0 Å². The molecule has 0 saturated carbocycles. The number of amides is 1. The molecule has 3 aromatic rings. The molecule has 0 unspecified atom stereocenters. The van der Waals surface area contributed by atoms with Gasteiger partial charge in [0.25, 0.3) is 10.0 Å². The van der Waals surface area contributed by atoms with Gasteiger partial charge in [0.05, 0.1) is 24.8 Å². The maximum Gasteiger partial charge on any atom is 0.264 e. The third-order valence-corrected chi connectivity index (χ3v) is 6.37. The van der Waals surface area contributed by atoms with Gasteiger partial charge in [0.15, 0.2) is 0 Å². The first kappa shape index (κ1) is 22.2. The van der Waals surface area contributed by atoms with Gasteiger partial charge in [0.2, 0.25) is 5.91 Å². The highest BCUT2D eigenvalue weighted by Crippen LogP contribution is 2.26. The van der Waals surface area contributed by atoms with Crippen LogP contribution < -0.4 is 19.1 Å². The molecule has 0 fully saturated rings. The van der Waals surface area contributed by atoms with Gasteiger partial charge in [-0.05, 0) is 42.0 Å². The first-order chi connectivity index (χ1) is 14.9. The number of carbonyl (C=O) groups is 1. The number of nitrogens with zero attached hydrogens (tertiary/aromatic N) is 1. The van der Waals surface area contributed by atoms with Gasteiger partial charge < -0.3 is 14.8 Å². The van der Waals surface area contributed by atoms with Gasteiger partial charge in [-0.25, -0.2) is 8.42 Å². The van der Waals surface area contributed by atoms with Crippen LogP contribution >= 0.6 is 0 Å². The van der Waals surface area contributed by atoms with Gasteiger partial charge in [0, 0.05) is 12.6 Å². The third-order valence-electron chi connectivity index (χ3n) is 4.58. The number of sulfonamides is 1. The Labute approximate surface area is 182 Å². The lowest BCUT2D eigenvalue weighted by atomic mass is 10.2. The van der Waals surface area contributed by atoms with E-state index in [9.17, 15) is 13.2 Å². The normalized spacial score (nSPS) is 10.9. The average molecular weight is 441 g/mol. The van der Waals surface area contributed by atoms with E-state index in [1.54, 1.807) is 55.6 Å². The lowest BCUT2D eigenvalue weighted by molar-refractivity contribution is -0.119. The van der Waals surface area contributed by atoms with Crippen LogP contribution in [-0.2, 0) is 21.4 Å². The maximum absolute atomic E-state index is 13.3. The number of benzene rings is 3. The summed E-state index contributed by atoms with van der Waals surface area (Å²) in [5.74, 6) is 0.726. The summed E-state index contributed by atoms with van der Waals surface area (Å²) in [6.45, 7) is -0.137. The summed E-state index contributed by atoms with van der Waals surface area (Å²) in [5, 5.41) is 2.77. The van der Waals surface area contributed by atoms with Gasteiger partial charge in [-0.15, -0.1) is 0 Å².